The summed E-state index contributed by atoms with van der Waals surface area (Å²) in [6.07, 6.45) is 0. The van der Waals surface area contributed by atoms with Crippen molar-refractivity contribution in [2.75, 3.05) is 0 Å². The summed E-state index contributed by atoms with van der Waals surface area (Å²) in [5.74, 6) is 0. The smallest absolute Gasteiger partial charge is 0.308 e. The molecule has 44 valence electrons. The molecule has 0 nitrogen and oxygen atoms in total. The molecule has 0 spiro atoms. The Hall–Kier alpha value is 0.00688. The van der Waals surface area contributed by atoms with Crippen LogP contribution in [0, 0.1) is 0 Å². The van der Waals surface area contributed by atoms with Gasteiger partial charge in [0.15, 0.2) is 0 Å². The number of alkyl halides is 2. The van der Waals surface area contributed by atoms with Crippen LogP contribution < -0.4 is 0 Å². The van der Waals surface area contributed by atoms with Crippen LogP contribution >= 0.6 is 0 Å². The van der Waals surface area contributed by atoms with Crippen molar-refractivity contribution in [3.8, 4) is 0 Å². The molecule has 0 unspecified atom stereocenters. The molecule has 0 aliphatic rings. The third kappa shape index (κ3) is 2.67. The minimum absolute atomic E-state index is 0.984. The zero-order valence-electron chi connectivity index (χ0n) is 4.21. The van der Waals surface area contributed by atoms with E-state index in [2.05, 4.69) is 0 Å². The first-order valence-electron chi connectivity index (χ1n) is 1.91. The highest BCUT2D eigenvalue weighted by atomic mass is 28.4. The van der Waals surface area contributed by atoms with Crippen molar-refractivity contribution in [1.29, 1.82) is 0 Å². The molecule has 0 aromatic carbocycles. The van der Waals surface area contributed by atoms with Crippen LogP contribution in [0.2, 0.25) is 13.1 Å². The van der Waals surface area contributed by atoms with Crippen molar-refractivity contribution in [3.63, 3.8) is 0 Å². The van der Waals surface area contributed by atoms with Gasteiger partial charge < -0.3 is 4.11 Å². The summed E-state index contributed by atoms with van der Waals surface area (Å²) < 4.78 is 34.4. The monoisotopic (exact) mass is 128 g/mol. The van der Waals surface area contributed by atoms with Gasteiger partial charge in [0.05, 0.1) is 0 Å². The van der Waals surface area contributed by atoms with Crippen molar-refractivity contribution in [1.82, 2.24) is 0 Å². The molecular formula is C3H7F3Si. The molecule has 4 heteroatoms. The Kier molecular flexibility index (Phi) is 1.86. The summed E-state index contributed by atoms with van der Waals surface area (Å²) in [5, 5.41) is 0. The lowest BCUT2D eigenvalue weighted by Gasteiger charge is -2.06. The van der Waals surface area contributed by atoms with Crippen LogP contribution in [0.1, 0.15) is 0 Å². The zero-order valence-corrected chi connectivity index (χ0v) is 5.21. The van der Waals surface area contributed by atoms with E-state index in [9.17, 15) is 12.9 Å². The lowest BCUT2D eigenvalue weighted by molar-refractivity contribution is 0.216. The number of rotatable bonds is 1. The van der Waals surface area contributed by atoms with Crippen LogP contribution in [0.3, 0.4) is 0 Å². The normalized spacial score (nSPS) is 12.9. The van der Waals surface area contributed by atoms with E-state index in [1.54, 1.807) is 0 Å². The van der Waals surface area contributed by atoms with Gasteiger partial charge in [-0.05, 0) is 13.1 Å². The van der Waals surface area contributed by atoms with Crippen molar-refractivity contribution < 1.29 is 12.9 Å². The zero-order chi connectivity index (χ0) is 6.08. The van der Waals surface area contributed by atoms with Crippen LogP contribution in [0.25, 0.3) is 0 Å². The van der Waals surface area contributed by atoms with E-state index in [-0.39, 0.29) is 0 Å². The van der Waals surface area contributed by atoms with Crippen molar-refractivity contribution in [2.45, 2.75) is 19.1 Å². The molecule has 0 saturated carbocycles. The Bertz CT molecular complexity index is 55.7. The van der Waals surface area contributed by atoms with Crippen LogP contribution in [0.15, 0.2) is 0 Å². The number of hydrogen-bond donors (Lipinski definition) is 0. The lowest BCUT2D eigenvalue weighted by atomic mass is 11.6. The molecule has 0 rings (SSSR count). The van der Waals surface area contributed by atoms with E-state index in [0.29, 0.717) is 0 Å². The van der Waals surface area contributed by atoms with E-state index in [1.165, 1.54) is 0 Å². The fourth-order valence-corrected chi connectivity index (χ4v) is 0. The van der Waals surface area contributed by atoms with Gasteiger partial charge in [-0.1, -0.05) is 0 Å². The Morgan fingerprint density at radius 3 is 1.43 bits per heavy atom. The first-order chi connectivity index (χ1) is 2.94. The fourth-order valence-electron chi connectivity index (χ4n) is 0. The molecule has 0 N–H and O–H groups in total. The molecule has 0 heterocycles. The maximum Gasteiger partial charge on any atom is 0.313 e. The molecule has 0 aromatic heterocycles. The highest BCUT2D eigenvalue weighted by molar-refractivity contribution is 6.71. The van der Waals surface area contributed by atoms with E-state index in [0.717, 1.165) is 13.1 Å². The Morgan fingerprint density at radius 1 is 1.29 bits per heavy atom. The summed E-state index contributed by atoms with van der Waals surface area (Å²) in [4.78, 5) is 0. The Balaban J connectivity index is 3.54. The topological polar surface area (TPSA) is 0 Å². The number of halogens is 3. The van der Waals surface area contributed by atoms with Crippen molar-refractivity contribution >= 4 is 8.41 Å². The molecule has 0 aliphatic heterocycles. The molecule has 0 radical (unpaired) electrons. The van der Waals surface area contributed by atoms with Crippen LogP contribution in [-0.4, -0.2) is 14.5 Å². The highest BCUT2D eigenvalue weighted by Crippen LogP contribution is 2.13. The van der Waals surface area contributed by atoms with Gasteiger partial charge in [-0.2, -0.15) is 0 Å². The van der Waals surface area contributed by atoms with Crippen LogP contribution in [0.5, 0.6) is 0 Å². The van der Waals surface area contributed by atoms with Gasteiger partial charge >= 0.3 is 8.41 Å². The summed E-state index contributed by atoms with van der Waals surface area (Å²) in [6.45, 7) is 1.97. The van der Waals surface area contributed by atoms with Crippen molar-refractivity contribution in [2.24, 2.45) is 0 Å². The van der Waals surface area contributed by atoms with Gasteiger partial charge in [0.2, 0.25) is 0 Å². The molecule has 0 aliphatic carbocycles. The standard InChI is InChI=1S/C3H7F3Si/c1-7(2,6)3(4)5/h3H,1-2H3. The quantitative estimate of drug-likeness (QED) is 0.374. The fraction of sp³-hybridized carbons (Fsp3) is 1.00. The Morgan fingerprint density at radius 2 is 1.43 bits per heavy atom. The second-order valence-corrected chi connectivity index (χ2v) is 5.43. The molecule has 0 fully saturated rings. The maximum atomic E-state index is 11.9. The SMILES string of the molecule is C[Si](C)(F)C(F)F. The van der Waals surface area contributed by atoms with Gasteiger partial charge in [0.1, 0.15) is 0 Å². The predicted molar refractivity (Wildman–Crippen MR) is 24.6 cm³/mol. The van der Waals surface area contributed by atoms with Gasteiger partial charge in [0.25, 0.3) is 6.05 Å². The van der Waals surface area contributed by atoms with Crippen LogP contribution in [-0.2, 0) is 0 Å². The average Bonchev–Trinajstić information content (AvgIpc) is 1.31. The predicted octanol–water partition coefficient (Wildman–Crippen LogP) is 1.97. The van der Waals surface area contributed by atoms with Gasteiger partial charge in [-0.15, -0.1) is 0 Å². The van der Waals surface area contributed by atoms with E-state index in [1.807, 2.05) is 0 Å². The molecule has 0 saturated heterocycles. The van der Waals surface area contributed by atoms with E-state index < -0.39 is 14.5 Å². The average molecular weight is 128 g/mol. The molecule has 0 bridgehead atoms. The minimum atomic E-state index is -3.57. The highest BCUT2D eigenvalue weighted by Gasteiger charge is 2.33. The molecule has 0 amide bonds. The van der Waals surface area contributed by atoms with E-state index in [4.69, 9.17) is 0 Å². The summed E-state index contributed by atoms with van der Waals surface area (Å²) >= 11 is 0. The Labute approximate surface area is 41.5 Å². The lowest BCUT2D eigenvalue weighted by Crippen LogP contribution is -2.29. The maximum absolute atomic E-state index is 11.9. The largest absolute Gasteiger partial charge is 0.313 e. The molecule has 0 atom stereocenters. The third-order valence-corrected chi connectivity index (χ3v) is 1.56. The second kappa shape index (κ2) is 1.86. The summed E-state index contributed by atoms with van der Waals surface area (Å²) in [6, 6.07) is -2.73. The van der Waals surface area contributed by atoms with Crippen molar-refractivity contribution in [3.05, 3.63) is 0 Å². The summed E-state index contributed by atoms with van der Waals surface area (Å²) in [7, 11) is -3.57. The van der Waals surface area contributed by atoms with Gasteiger partial charge in [-0.3, -0.25) is 0 Å². The molecular weight excluding hydrogens is 121 g/mol. The third-order valence-electron chi connectivity index (χ3n) is 0.519. The van der Waals surface area contributed by atoms with E-state index >= 15 is 0 Å². The first kappa shape index (κ1) is 7.01. The minimum Gasteiger partial charge on any atom is -0.308 e. The molecule has 0 aromatic rings. The first-order valence-corrected chi connectivity index (χ1v) is 4.87. The van der Waals surface area contributed by atoms with Gasteiger partial charge in [-0.25, -0.2) is 8.78 Å². The summed E-state index contributed by atoms with van der Waals surface area (Å²) in [5.41, 5.74) is 0. The second-order valence-electron chi connectivity index (χ2n) is 1.87. The molecule has 7 heavy (non-hydrogen) atoms. The number of hydrogen-bond acceptors (Lipinski definition) is 0. The van der Waals surface area contributed by atoms with Crippen LogP contribution in [0.4, 0.5) is 12.9 Å². The van der Waals surface area contributed by atoms with Gasteiger partial charge in [0, 0.05) is 0 Å².